The molecule has 8 heteroatoms. The minimum Gasteiger partial charge on any atom is -0.497 e. The summed E-state index contributed by atoms with van der Waals surface area (Å²) in [4.78, 5) is 37.4. The molecule has 0 radical (unpaired) electrons. The maximum atomic E-state index is 12.3. The molecule has 2 aromatic carbocycles. The summed E-state index contributed by atoms with van der Waals surface area (Å²) in [6.07, 6.45) is 0.228. The van der Waals surface area contributed by atoms with Crippen molar-refractivity contribution in [3.05, 3.63) is 48.5 Å². The molecule has 0 aromatic heterocycles. The normalized spacial score (nSPS) is 15.9. The number of nitrogens with zero attached hydrogens (tertiary/aromatic N) is 1. The van der Waals surface area contributed by atoms with E-state index < -0.39 is 6.03 Å². The molecule has 0 unspecified atom stereocenters. The first kappa shape index (κ1) is 19.2. The van der Waals surface area contributed by atoms with E-state index in [9.17, 15) is 14.4 Å². The summed E-state index contributed by atoms with van der Waals surface area (Å²) >= 11 is 0. The number of amides is 4. The number of anilines is 3. The molecule has 0 saturated carbocycles. The van der Waals surface area contributed by atoms with Crippen LogP contribution >= 0.6 is 0 Å². The van der Waals surface area contributed by atoms with Crippen LogP contribution in [-0.4, -0.2) is 37.5 Å². The van der Waals surface area contributed by atoms with Crippen LogP contribution in [0, 0.1) is 0 Å². The number of urea groups is 1. The summed E-state index contributed by atoms with van der Waals surface area (Å²) in [7, 11) is 1.58. The summed E-state index contributed by atoms with van der Waals surface area (Å²) in [5, 5.41) is 8.19. The molecule has 1 aliphatic rings. The van der Waals surface area contributed by atoms with Crippen molar-refractivity contribution in [1.82, 2.24) is 5.32 Å². The number of methoxy groups -OCH3 is 1. The van der Waals surface area contributed by atoms with Crippen LogP contribution in [-0.2, 0) is 9.59 Å². The lowest BCUT2D eigenvalue weighted by Gasteiger charge is -2.18. The van der Waals surface area contributed by atoms with E-state index in [0.29, 0.717) is 23.7 Å². The van der Waals surface area contributed by atoms with Crippen LogP contribution in [0.15, 0.2) is 48.5 Å². The van der Waals surface area contributed by atoms with Gasteiger partial charge in [-0.3, -0.25) is 9.59 Å². The van der Waals surface area contributed by atoms with Gasteiger partial charge in [-0.15, -0.1) is 0 Å². The van der Waals surface area contributed by atoms with E-state index in [2.05, 4.69) is 16.0 Å². The molecule has 4 amide bonds. The summed E-state index contributed by atoms with van der Waals surface area (Å²) in [5.74, 6) is 0.471. The van der Waals surface area contributed by atoms with Crippen LogP contribution in [0.25, 0.3) is 0 Å². The Bertz CT molecular complexity index is 882. The van der Waals surface area contributed by atoms with Crippen LogP contribution < -0.4 is 25.6 Å². The number of rotatable bonds is 5. The highest BCUT2D eigenvalue weighted by Crippen LogP contribution is 2.24. The third-order valence-corrected chi connectivity index (χ3v) is 4.29. The standard InChI is InChI=1S/C20H22N4O4/c1-13(25)21-14-4-3-5-15(10-14)22-20(27)23-16-11-19(26)24(12-16)17-6-8-18(28-2)9-7-17/h3-10,16H,11-12H2,1-2H3,(H,21,25)(H2,22,23,27)/t16-/m0/s1. The Morgan fingerprint density at radius 1 is 1.07 bits per heavy atom. The van der Waals surface area contributed by atoms with Crippen molar-refractivity contribution in [1.29, 1.82) is 0 Å². The minimum absolute atomic E-state index is 0.0527. The number of hydrogen-bond donors (Lipinski definition) is 3. The van der Waals surface area contributed by atoms with Crippen LogP contribution in [0.5, 0.6) is 5.75 Å². The fourth-order valence-electron chi connectivity index (χ4n) is 3.05. The lowest BCUT2D eigenvalue weighted by atomic mass is 10.2. The van der Waals surface area contributed by atoms with Gasteiger partial charge in [-0.1, -0.05) is 6.07 Å². The molecule has 1 atom stereocenters. The van der Waals surface area contributed by atoms with E-state index in [1.165, 1.54) is 6.92 Å². The fraction of sp³-hybridized carbons (Fsp3) is 0.250. The molecule has 1 aliphatic heterocycles. The molecule has 3 rings (SSSR count). The lowest BCUT2D eigenvalue weighted by Crippen LogP contribution is -2.39. The molecule has 0 spiro atoms. The van der Waals surface area contributed by atoms with Gasteiger partial charge in [0, 0.05) is 37.0 Å². The van der Waals surface area contributed by atoms with Crippen molar-refractivity contribution < 1.29 is 19.1 Å². The zero-order valence-corrected chi connectivity index (χ0v) is 15.7. The van der Waals surface area contributed by atoms with Crippen molar-refractivity contribution in [2.45, 2.75) is 19.4 Å². The van der Waals surface area contributed by atoms with Crippen LogP contribution in [0.1, 0.15) is 13.3 Å². The Morgan fingerprint density at radius 2 is 1.75 bits per heavy atom. The van der Waals surface area contributed by atoms with E-state index in [-0.39, 0.29) is 24.3 Å². The average molecular weight is 382 g/mol. The quantitative estimate of drug-likeness (QED) is 0.740. The zero-order valence-electron chi connectivity index (χ0n) is 15.7. The largest absolute Gasteiger partial charge is 0.497 e. The highest BCUT2D eigenvalue weighted by molar-refractivity contribution is 5.98. The van der Waals surface area contributed by atoms with Gasteiger partial charge in [0.15, 0.2) is 0 Å². The van der Waals surface area contributed by atoms with Crippen LogP contribution in [0.4, 0.5) is 21.9 Å². The summed E-state index contributed by atoms with van der Waals surface area (Å²) in [6.45, 7) is 1.81. The number of ether oxygens (including phenoxy) is 1. The average Bonchev–Trinajstić information content (AvgIpc) is 3.01. The third kappa shape index (κ3) is 4.79. The Morgan fingerprint density at radius 3 is 2.39 bits per heavy atom. The highest BCUT2D eigenvalue weighted by Gasteiger charge is 2.31. The Labute approximate surface area is 162 Å². The number of nitrogens with one attached hydrogen (secondary N) is 3. The molecule has 28 heavy (non-hydrogen) atoms. The molecular formula is C20H22N4O4. The molecule has 2 aromatic rings. The lowest BCUT2D eigenvalue weighted by molar-refractivity contribution is -0.117. The first-order valence-electron chi connectivity index (χ1n) is 8.84. The molecular weight excluding hydrogens is 360 g/mol. The maximum absolute atomic E-state index is 12.3. The van der Waals surface area contributed by atoms with Crippen LogP contribution in [0.2, 0.25) is 0 Å². The maximum Gasteiger partial charge on any atom is 0.319 e. The molecule has 1 heterocycles. The predicted molar refractivity (Wildman–Crippen MR) is 107 cm³/mol. The molecule has 1 saturated heterocycles. The Balaban J connectivity index is 1.57. The van der Waals surface area contributed by atoms with Crippen molar-refractivity contribution in [3.8, 4) is 5.75 Å². The van der Waals surface area contributed by atoms with E-state index in [1.54, 1.807) is 48.4 Å². The van der Waals surface area contributed by atoms with Crippen molar-refractivity contribution in [2.75, 3.05) is 29.2 Å². The van der Waals surface area contributed by atoms with Crippen molar-refractivity contribution in [3.63, 3.8) is 0 Å². The van der Waals surface area contributed by atoms with Gasteiger partial charge in [0.05, 0.1) is 13.2 Å². The second-order valence-electron chi connectivity index (χ2n) is 6.46. The third-order valence-electron chi connectivity index (χ3n) is 4.29. The first-order chi connectivity index (χ1) is 13.4. The van der Waals surface area contributed by atoms with Crippen molar-refractivity contribution >= 4 is 34.9 Å². The summed E-state index contributed by atoms with van der Waals surface area (Å²) < 4.78 is 5.13. The number of hydrogen-bond acceptors (Lipinski definition) is 4. The minimum atomic E-state index is -0.408. The number of carbonyl (C=O) groups is 3. The highest BCUT2D eigenvalue weighted by atomic mass is 16.5. The molecule has 0 aliphatic carbocycles. The molecule has 3 N–H and O–H groups in total. The van der Waals surface area contributed by atoms with Gasteiger partial charge >= 0.3 is 6.03 Å². The van der Waals surface area contributed by atoms with Gasteiger partial charge in [0.1, 0.15) is 5.75 Å². The second kappa shape index (κ2) is 8.43. The molecule has 146 valence electrons. The van der Waals surface area contributed by atoms with Crippen molar-refractivity contribution in [2.24, 2.45) is 0 Å². The zero-order chi connectivity index (χ0) is 20.1. The second-order valence-corrected chi connectivity index (χ2v) is 6.46. The van der Waals surface area contributed by atoms with Gasteiger partial charge in [-0.2, -0.15) is 0 Å². The summed E-state index contributed by atoms with van der Waals surface area (Å²) in [5.41, 5.74) is 1.89. The van der Waals surface area contributed by atoms with E-state index in [0.717, 1.165) is 5.69 Å². The Kier molecular flexibility index (Phi) is 5.78. The SMILES string of the molecule is COc1ccc(N2C[C@@H](NC(=O)Nc3cccc(NC(C)=O)c3)CC2=O)cc1. The molecule has 0 bridgehead atoms. The Hall–Kier alpha value is -3.55. The van der Waals surface area contributed by atoms with Gasteiger partial charge in [-0.25, -0.2) is 4.79 Å². The molecule has 1 fully saturated rings. The number of carbonyl (C=O) groups excluding carboxylic acids is 3. The number of benzene rings is 2. The monoisotopic (exact) mass is 382 g/mol. The predicted octanol–water partition coefficient (Wildman–Crippen LogP) is 2.58. The fourth-order valence-corrected chi connectivity index (χ4v) is 3.05. The van der Waals surface area contributed by atoms with E-state index in [1.807, 2.05) is 12.1 Å². The van der Waals surface area contributed by atoms with Crippen LogP contribution in [0.3, 0.4) is 0 Å². The molecule has 8 nitrogen and oxygen atoms in total. The summed E-state index contributed by atoms with van der Waals surface area (Å²) in [6, 6.07) is 13.3. The van der Waals surface area contributed by atoms with E-state index in [4.69, 9.17) is 4.74 Å². The van der Waals surface area contributed by atoms with Gasteiger partial charge in [0.25, 0.3) is 0 Å². The van der Waals surface area contributed by atoms with E-state index >= 15 is 0 Å². The van der Waals surface area contributed by atoms with Gasteiger partial charge < -0.3 is 25.6 Å². The smallest absolute Gasteiger partial charge is 0.319 e. The first-order valence-corrected chi connectivity index (χ1v) is 8.84. The van der Waals surface area contributed by atoms with Gasteiger partial charge in [-0.05, 0) is 42.5 Å². The van der Waals surface area contributed by atoms with Gasteiger partial charge in [0.2, 0.25) is 11.8 Å². The topological polar surface area (TPSA) is 99.8 Å².